The van der Waals surface area contributed by atoms with Crippen LogP contribution >= 0.6 is 0 Å². The van der Waals surface area contributed by atoms with Crippen molar-refractivity contribution in [2.75, 3.05) is 32.7 Å². The highest BCUT2D eigenvalue weighted by molar-refractivity contribution is 5.74. The summed E-state index contributed by atoms with van der Waals surface area (Å²) >= 11 is 0. The van der Waals surface area contributed by atoms with E-state index in [1.54, 1.807) is 23.6 Å². The Labute approximate surface area is 163 Å². The molecule has 0 aromatic carbocycles. The molecule has 0 spiro atoms. The first-order valence-corrected chi connectivity index (χ1v) is 9.66. The third-order valence-electron chi connectivity index (χ3n) is 4.26. The topological polar surface area (TPSA) is 98.8 Å². The number of unbranched alkanes of at least 4 members (excludes halogenated alkanes) is 1. The Morgan fingerprint density at radius 2 is 1.22 bits per heavy atom. The highest BCUT2D eigenvalue weighted by Crippen LogP contribution is 2.03. The molecule has 0 aliphatic heterocycles. The average molecular weight is 385 g/mol. The van der Waals surface area contributed by atoms with E-state index in [0.717, 1.165) is 19.3 Å². The number of carbonyl (C=O) groups excluding carboxylic acids is 4. The van der Waals surface area contributed by atoms with Gasteiger partial charge in [0.15, 0.2) is 0 Å². The van der Waals surface area contributed by atoms with Gasteiger partial charge in [0.1, 0.15) is 0 Å². The van der Waals surface area contributed by atoms with Crippen LogP contribution in [0.25, 0.3) is 0 Å². The molecule has 0 rings (SSSR count). The second kappa shape index (κ2) is 14.0. The zero-order valence-electron chi connectivity index (χ0n) is 17.5. The summed E-state index contributed by atoms with van der Waals surface area (Å²) in [5.41, 5.74) is 0. The number of hydrogen-bond donors (Lipinski definition) is 2. The summed E-state index contributed by atoms with van der Waals surface area (Å²) in [5, 5.41) is 5.54. The molecule has 0 aliphatic carbocycles. The van der Waals surface area contributed by atoms with Crippen molar-refractivity contribution < 1.29 is 19.2 Å². The van der Waals surface area contributed by atoms with Crippen LogP contribution in [0.2, 0.25) is 0 Å². The summed E-state index contributed by atoms with van der Waals surface area (Å²) < 4.78 is 0. The quantitative estimate of drug-likeness (QED) is 0.461. The molecule has 0 aromatic rings. The SMILES string of the molecule is CC(=O)NCCCN(CCCCN(CCC(C)NC(C)=O)C(C)=O)C(C)=O. The van der Waals surface area contributed by atoms with E-state index in [2.05, 4.69) is 10.6 Å². The van der Waals surface area contributed by atoms with Gasteiger partial charge in [-0.05, 0) is 32.6 Å². The molecule has 0 saturated heterocycles. The van der Waals surface area contributed by atoms with Gasteiger partial charge in [0.25, 0.3) is 0 Å². The maximum atomic E-state index is 11.8. The van der Waals surface area contributed by atoms with E-state index >= 15 is 0 Å². The van der Waals surface area contributed by atoms with Gasteiger partial charge in [0.05, 0.1) is 0 Å². The molecule has 2 N–H and O–H groups in total. The van der Waals surface area contributed by atoms with Gasteiger partial charge in [-0.3, -0.25) is 19.2 Å². The van der Waals surface area contributed by atoms with E-state index in [9.17, 15) is 19.2 Å². The molecule has 156 valence electrons. The second-order valence-electron chi connectivity index (χ2n) is 6.95. The van der Waals surface area contributed by atoms with E-state index in [-0.39, 0.29) is 29.7 Å². The lowest BCUT2D eigenvalue weighted by Crippen LogP contribution is -2.37. The van der Waals surface area contributed by atoms with E-state index in [1.165, 1.54) is 13.8 Å². The Morgan fingerprint density at radius 3 is 1.67 bits per heavy atom. The number of amides is 4. The van der Waals surface area contributed by atoms with Crippen molar-refractivity contribution in [1.29, 1.82) is 0 Å². The van der Waals surface area contributed by atoms with E-state index in [4.69, 9.17) is 0 Å². The maximum Gasteiger partial charge on any atom is 0.219 e. The van der Waals surface area contributed by atoms with Gasteiger partial charge in [0.2, 0.25) is 23.6 Å². The van der Waals surface area contributed by atoms with Gasteiger partial charge in [-0.25, -0.2) is 0 Å². The highest BCUT2D eigenvalue weighted by atomic mass is 16.2. The summed E-state index contributed by atoms with van der Waals surface area (Å²) in [6.45, 7) is 11.0. The first kappa shape index (κ1) is 24.9. The van der Waals surface area contributed by atoms with Crippen LogP contribution < -0.4 is 10.6 Å². The summed E-state index contributed by atoms with van der Waals surface area (Å²) in [7, 11) is 0. The van der Waals surface area contributed by atoms with Crippen LogP contribution in [0.5, 0.6) is 0 Å². The standard InChI is InChI=1S/C19H36N4O4/c1-15(21-17(3)25)9-14-23(19(5)27)12-7-6-11-22(18(4)26)13-8-10-20-16(2)24/h15H,6-14H2,1-5H3,(H,20,24)(H,21,25). The monoisotopic (exact) mass is 384 g/mol. The summed E-state index contributed by atoms with van der Waals surface area (Å²) in [6.07, 6.45) is 3.05. The molecule has 1 atom stereocenters. The van der Waals surface area contributed by atoms with E-state index < -0.39 is 0 Å². The van der Waals surface area contributed by atoms with Crippen LogP contribution in [0.15, 0.2) is 0 Å². The fraction of sp³-hybridized carbons (Fsp3) is 0.789. The molecule has 0 bridgehead atoms. The Balaban J connectivity index is 4.17. The van der Waals surface area contributed by atoms with Crippen molar-refractivity contribution in [2.24, 2.45) is 0 Å². The molecule has 0 heterocycles. The molecular weight excluding hydrogens is 348 g/mol. The minimum Gasteiger partial charge on any atom is -0.356 e. The largest absolute Gasteiger partial charge is 0.356 e. The highest BCUT2D eigenvalue weighted by Gasteiger charge is 2.12. The fourth-order valence-electron chi connectivity index (χ4n) is 2.76. The molecule has 0 radical (unpaired) electrons. The normalized spacial score (nSPS) is 11.4. The van der Waals surface area contributed by atoms with Gasteiger partial charge in [-0.2, -0.15) is 0 Å². The predicted molar refractivity (Wildman–Crippen MR) is 105 cm³/mol. The van der Waals surface area contributed by atoms with Gasteiger partial charge < -0.3 is 20.4 Å². The molecule has 4 amide bonds. The number of hydrogen-bond acceptors (Lipinski definition) is 4. The van der Waals surface area contributed by atoms with Crippen molar-refractivity contribution in [3.63, 3.8) is 0 Å². The molecule has 0 saturated carbocycles. The molecule has 8 heteroatoms. The fourth-order valence-corrected chi connectivity index (χ4v) is 2.76. The van der Waals surface area contributed by atoms with Gasteiger partial charge in [-0.15, -0.1) is 0 Å². The van der Waals surface area contributed by atoms with Gasteiger partial charge in [0, 0.05) is 66.5 Å². The number of carbonyl (C=O) groups is 4. The lowest BCUT2D eigenvalue weighted by molar-refractivity contribution is -0.130. The molecule has 27 heavy (non-hydrogen) atoms. The first-order valence-electron chi connectivity index (χ1n) is 9.66. The Hall–Kier alpha value is -2.12. The molecule has 0 fully saturated rings. The van der Waals surface area contributed by atoms with Crippen molar-refractivity contribution in [2.45, 2.75) is 66.3 Å². The Morgan fingerprint density at radius 1 is 0.741 bits per heavy atom. The van der Waals surface area contributed by atoms with Gasteiger partial charge in [-0.1, -0.05) is 0 Å². The molecule has 1 unspecified atom stereocenters. The average Bonchev–Trinajstić information content (AvgIpc) is 2.54. The zero-order chi connectivity index (χ0) is 20.8. The zero-order valence-corrected chi connectivity index (χ0v) is 17.5. The third-order valence-corrected chi connectivity index (χ3v) is 4.26. The number of nitrogens with zero attached hydrogens (tertiary/aromatic N) is 2. The molecule has 0 aliphatic rings. The van der Waals surface area contributed by atoms with Crippen molar-refractivity contribution >= 4 is 23.6 Å². The van der Waals surface area contributed by atoms with Crippen LogP contribution in [0.1, 0.15) is 60.3 Å². The second-order valence-corrected chi connectivity index (χ2v) is 6.95. The molecule has 8 nitrogen and oxygen atoms in total. The first-order chi connectivity index (χ1) is 12.6. The molecule has 0 aromatic heterocycles. The minimum absolute atomic E-state index is 0.0174. The van der Waals surface area contributed by atoms with E-state index in [1.807, 2.05) is 6.92 Å². The smallest absolute Gasteiger partial charge is 0.219 e. The van der Waals surface area contributed by atoms with Crippen LogP contribution in [-0.2, 0) is 19.2 Å². The summed E-state index contributed by atoms with van der Waals surface area (Å²) in [5.74, 6) is -0.102. The summed E-state index contributed by atoms with van der Waals surface area (Å²) in [4.78, 5) is 49.0. The van der Waals surface area contributed by atoms with E-state index in [0.29, 0.717) is 39.1 Å². The van der Waals surface area contributed by atoms with Gasteiger partial charge >= 0.3 is 0 Å². The molecular formula is C19H36N4O4. The Kier molecular flexibility index (Phi) is 12.9. The van der Waals surface area contributed by atoms with Crippen LogP contribution in [0.4, 0.5) is 0 Å². The van der Waals surface area contributed by atoms with Crippen LogP contribution in [0.3, 0.4) is 0 Å². The third kappa shape index (κ3) is 13.7. The van der Waals surface area contributed by atoms with Crippen molar-refractivity contribution in [1.82, 2.24) is 20.4 Å². The van der Waals surface area contributed by atoms with Crippen molar-refractivity contribution in [3.8, 4) is 0 Å². The maximum absolute atomic E-state index is 11.8. The predicted octanol–water partition coefficient (Wildman–Crippen LogP) is 0.905. The number of nitrogens with one attached hydrogen (secondary N) is 2. The van der Waals surface area contributed by atoms with Crippen molar-refractivity contribution in [3.05, 3.63) is 0 Å². The number of rotatable bonds is 13. The minimum atomic E-state index is -0.0697. The van der Waals surface area contributed by atoms with Crippen LogP contribution in [0, 0.1) is 0 Å². The lowest BCUT2D eigenvalue weighted by Gasteiger charge is -2.25. The Bertz CT molecular complexity index is 496. The van der Waals surface area contributed by atoms with Crippen LogP contribution in [-0.4, -0.2) is 72.2 Å². The summed E-state index contributed by atoms with van der Waals surface area (Å²) in [6, 6.07) is 0.0289. The lowest BCUT2D eigenvalue weighted by atomic mass is 10.2.